The zero-order valence-corrected chi connectivity index (χ0v) is 15.6. The maximum atomic E-state index is 6.30. The molecule has 0 aromatic carbocycles. The molecular formula is C17H32N6O. The SMILES string of the molecule is CCC(/N=C(/N)c1ncn([C@@H](C)C(C)(C)C)c1N)N1CCOCC1. The second-order valence-electron chi connectivity index (χ2n) is 7.48. The minimum absolute atomic E-state index is 0.0403. The molecule has 2 atom stereocenters. The van der Waals surface area contributed by atoms with E-state index in [1.54, 1.807) is 6.33 Å². The number of hydrogen-bond donors (Lipinski definition) is 2. The minimum atomic E-state index is 0.0403. The van der Waals surface area contributed by atoms with Crippen molar-refractivity contribution in [3.8, 4) is 0 Å². The number of nitrogens with two attached hydrogens (primary N) is 2. The Labute approximate surface area is 145 Å². The van der Waals surface area contributed by atoms with Crippen LogP contribution in [0.2, 0.25) is 0 Å². The number of aliphatic imine (C=N–C) groups is 1. The van der Waals surface area contributed by atoms with Gasteiger partial charge in [-0.2, -0.15) is 0 Å². The van der Waals surface area contributed by atoms with Crippen LogP contribution >= 0.6 is 0 Å². The Morgan fingerprint density at radius 3 is 2.54 bits per heavy atom. The maximum absolute atomic E-state index is 6.30. The topological polar surface area (TPSA) is 94.7 Å². The molecule has 1 saturated heterocycles. The summed E-state index contributed by atoms with van der Waals surface area (Å²) in [6.07, 6.45) is 2.69. The monoisotopic (exact) mass is 336 g/mol. The molecule has 1 fully saturated rings. The third kappa shape index (κ3) is 4.08. The van der Waals surface area contributed by atoms with Crippen molar-refractivity contribution in [2.45, 2.75) is 53.2 Å². The van der Waals surface area contributed by atoms with Crippen molar-refractivity contribution in [3.05, 3.63) is 12.0 Å². The van der Waals surface area contributed by atoms with Crippen LogP contribution in [0.15, 0.2) is 11.3 Å². The van der Waals surface area contributed by atoms with Crippen molar-refractivity contribution < 1.29 is 4.74 Å². The summed E-state index contributed by atoms with van der Waals surface area (Å²) in [5, 5.41) is 0. The number of hydrogen-bond acceptors (Lipinski definition) is 5. The summed E-state index contributed by atoms with van der Waals surface area (Å²) < 4.78 is 7.39. The Balaban J connectivity index is 2.22. The van der Waals surface area contributed by atoms with Crippen LogP contribution in [0, 0.1) is 5.41 Å². The molecule has 4 N–H and O–H groups in total. The lowest BCUT2D eigenvalue weighted by Crippen LogP contribution is -2.43. The smallest absolute Gasteiger partial charge is 0.150 e. The van der Waals surface area contributed by atoms with Crippen LogP contribution in [0.5, 0.6) is 0 Å². The van der Waals surface area contributed by atoms with Crippen LogP contribution in [0.25, 0.3) is 0 Å². The number of imidazole rings is 1. The molecule has 24 heavy (non-hydrogen) atoms. The van der Waals surface area contributed by atoms with Gasteiger partial charge in [0.25, 0.3) is 0 Å². The molecule has 2 heterocycles. The Morgan fingerprint density at radius 2 is 2.00 bits per heavy atom. The average molecular weight is 336 g/mol. The van der Waals surface area contributed by atoms with Crippen LogP contribution in [-0.4, -0.2) is 52.8 Å². The number of nitrogen functional groups attached to an aromatic ring is 1. The molecule has 0 spiro atoms. The van der Waals surface area contributed by atoms with Crippen molar-refractivity contribution in [1.82, 2.24) is 14.5 Å². The molecule has 1 aliphatic rings. The summed E-state index contributed by atoms with van der Waals surface area (Å²) in [6.45, 7) is 14.0. The van der Waals surface area contributed by atoms with E-state index >= 15 is 0 Å². The van der Waals surface area contributed by atoms with Gasteiger partial charge in [-0.3, -0.25) is 4.90 Å². The van der Waals surface area contributed by atoms with Crippen LogP contribution in [0.3, 0.4) is 0 Å². The predicted octanol–water partition coefficient (Wildman–Crippen LogP) is 1.85. The number of morpholine rings is 1. The summed E-state index contributed by atoms with van der Waals surface area (Å²) in [4.78, 5) is 11.4. The van der Waals surface area contributed by atoms with E-state index in [2.05, 4.69) is 44.5 Å². The highest BCUT2D eigenvalue weighted by atomic mass is 16.5. The predicted molar refractivity (Wildman–Crippen MR) is 98.0 cm³/mol. The number of amidine groups is 1. The Morgan fingerprint density at radius 1 is 1.38 bits per heavy atom. The minimum Gasteiger partial charge on any atom is -0.383 e. The van der Waals surface area contributed by atoms with Crippen molar-refractivity contribution in [1.29, 1.82) is 0 Å². The molecule has 0 radical (unpaired) electrons. The van der Waals surface area contributed by atoms with E-state index in [0.717, 1.165) is 32.7 Å². The third-order valence-electron chi connectivity index (χ3n) is 4.87. The molecule has 0 bridgehead atoms. The number of nitrogens with zero attached hydrogens (tertiary/aromatic N) is 4. The first kappa shape index (κ1) is 18.7. The fourth-order valence-electron chi connectivity index (χ4n) is 2.82. The summed E-state index contributed by atoms with van der Waals surface area (Å²) in [5.74, 6) is 0.987. The molecule has 0 saturated carbocycles. The molecule has 2 rings (SSSR count). The summed E-state index contributed by atoms with van der Waals surface area (Å²) in [6, 6.07) is 0.216. The molecule has 1 aromatic heterocycles. The van der Waals surface area contributed by atoms with E-state index in [1.165, 1.54) is 0 Å². The van der Waals surface area contributed by atoms with Gasteiger partial charge in [0, 0.05) is 19.1 Å². The molecule has 1 aromatic rings. The highest BCUT2D eigenvalue weighted by molar-refractivity contribution is 5.99. The lowest BCUT2D eigenvalue weighted by molar-refractivity contribution is 0.0176. The van der Waals surface area contributed by atoms with Gasteiger partial charge in [-0.25, -0.2) is 9.98 Å². The lowest BCUT2D eigenvalue weighted by atomic mass is 9.88. The zero-order valence-electron chi connectivity index (χ0n) is 15.6. The highest BCUT2D eigenvalue weighted by Crippen LogP contribution is 2.32. The largest absolute Gasteiger partial charge is 0.383 e. The lowest BCUT2D eigenvalue weighted by Gasteiger charge is -2.31. The fourth-order valence-corrected chi connectivity index (χ4v) is 2.82. The highest BCUT2D eigenvalue weighted by Gasteiger charge is 2.25. The molecular weight excluding hydrogens is 304 g/mol. The first-order valence-electron chi connectivity index (χ1n) is 8.73. The van der Waals surface area contributed by atoms with E-state index in [9.17, 15) is 0 Å². The summed E-state index contributed by atoms with van der Waals surface area (Å²) in [7, 11) is 0. The second kappa shape index (κ2) is 7.53. The van der Waals surface area contributed by atoms with E-state index in [0.29, 0.717) is 17.3 Å². The van der Waals surface area contributed by atoms with Gasteiger partial charge < -0.3 is 20.8 Å². The van der Waals surface area contributed by atoms with Gasteiger partial charge in [-0.1, -0.05) is 27.7 Å². The first-order valence-corrected chi connectivity index (χ1v) is 8.73. The fraction of sp³-hybridized carbons (Fsp3) is 0.765. The van der Waals surface area contributed by atoms with Gasteiger partial charge in [-0.15, -0.1) is 0 Å². The van der Waals surface area contributed by atoms with E-state index in [4.69, 9.17) is 21.2 Å². The number of anilines is 1. The van der Waals surface area contributed by atoms with E-state index in [1.807, 2.05) is 4.57 Å². The molecule has 1 unspecified atom stereocenters. The molecule has 0 aliphatic carbocycles. The number of ether oxygens (including phenoxy) is 1. The van der Waals surface area contributed by atoms with E-state index < -0.39 is 0 Å². The van der Waals surface area contributed by atoms with Gasteiger partial charge in [0.2, 0.25) is 0 Å². The quantitative estimate of drug-likeness (QED) is 0.632. The van der Waals surface area contributed by atoms with Crippen LogP contribution in [0.4, 0.5) is 5.82 Å². The third-order valence-corrected chi connectivity index (χ3v) is 4.87. The van der Waals surface area contributed by atoms with Gasteiger partial charge in [0.15, 0.2) is 0 Å². The van der Waals surface area contributed by atoms with Gasteiger partial charge >= 0.3 is 0 Å². The van der Waals surface area contributed by atoms with Gasteiger partial charge in [0.1, 0.15) is 23.5 Å². The standard InChI is InChI=1S/C17H32N6O/c1-6-13(22-7-9-24-10-8-22)21-15(18)14-16(19)23(11-20-14)12(2)17(3,4)5/h11-13H,6-10,19H2,1-5H3,(H2,18,21)/t12-,13?/m0/s1. The molecule has 136 valence electrons. The second-order valence-corrected chi connectivity index (χ2v) is 7.48. The Kier molecular flexibility index (Phi) is 5.87. The first-order chi connectivity index (χ1) is 11.3. The van der Waals surface area contributed by atoms with Crippen molar-refractivity contribution in [2.24, 2.45) is 16.1 Å². The molecule has 7 heteroatoms. The Hall–Kier alpha value is -1.60. The van der Waals surface area contributed by atoms with Crippen molar-refractivity contribution >= 4 is 11.7 Å². The van der Waals surface area contributed by atoms with Crippen molar-refractivity contribution in [2.75, 3.05) is 32.0 Å². The summed E-state index contributed by atoms with van der Waals surface area (Å²) in [5.41, 5.74) is 13.2. The van der Waals surface area contributed by atoms with Crippen molar-refractivity contribution in [3.63, 3.8) is 0 Å². The van der Waals surface area contributed by atoms with Crippen LogP contribution < -0.4 is 11.5 Å². The Bertz CT molecular complexity index is 568. The molecule has 0 amide bonds. The zero-order chi connectivity index (χ0) is 17.9. The molecule has 7 nitrogen and oxygen atoms in total. The van der Waals surface area contributed by atoms with Crippen LogP contribution in [-0.2, 0) is 4.74 Å². The van der Waals surface area contributed by atoms with Crippen LogP contribution in [0.1, 0.15) is 52.8 Å². The normalized spacial score (nSPS) is 20.1. The van der Waals surface area contributed by atoms with Gasteiger partial charge in [-0.05, 0) is 18.8 Å². The van der Waals surface area contributed by atoms with Gasteiger partial charge in [0.05, 0.1) is 19.5 Å². The molecule has 1 aliphatic heterocycles. The number of aromatic nitrogens is 2. The average Bonchev–Trinajstić information content (AvgIpc) is 2.93. The number of rotatable bonds is 5. The summed E-state index contributed by atoms with van der Waals surface area (Å²) >= 11 is 0. The maximum Gasteiger partial charge on any atom is 0.150 e. The van der Waals surface area contributed by atoms with E-state index in [-0.39, 0.29) is 17.6 Å².